The summed E-state index contributed by atoms with van der Waals surface area (Å²) >= 11 is 0. The summed E-state index contributed by atoms with van der Waals surface area (Å²) in [4.78, 5) is 13.9. The molecule has 0 unspecified atom stereocenters. The van der Waals surface area contributed by atoms with Gasteiger partial charge in [0.15, 0.2) is 6.20 Å². The molecule has 2 heterocycles. The minimum atomic E-state index is -0.500. The van der Waals surface area contributed by atoms with Gasteiger partial charge in [0.2, 0.25) is 0 Å². The fraction of sp³-hybridized carbons (Fsp3) is 0.214. The van der Waals surface area contributed by atoms with Gasteiger partial charge in [-0.15, -0.1) is 0 Å². The molecule has 2 aromatic rings. The van der Waals surface area contributed by atoms with Crippen LogP contribution in [0.5, 0.6) is 0 Å². The number of hydrogen-bond donors (Lipinski definition) is 2. The summed E-state index contributed by atoms with van der Waals surface area (Å²) in [5.41, 5.74) is 4.38. The van der Waals surface area contributed by atoms with Crippen LogP contribution in [0.3, 0.4) is 0 Å². The normalized spacial score (nSPS) is 13.6. The van der Waals surface area contributed by atoms with Gasteiger partial charge in [0.25, 0.3) is 0 Å². The summed E-state index contributed by atoms with van der Waals surface area (Å²) in [6.07, 6.45) is 2.46. The van der Waals surface area contributed by atoms with Gasteiger partial charge in [-0.1, -0.05) is 12.1 Å². The first-order valence-corrected chi connectivity index (χ1v) is 6.43. The van der Waals surface area contributed by atoms with Crippen LogP contribution in [0.2, 0.25) is 0 Å². The number of benzene rings is 1. The Kier molecular flexibility index (Phi) is 3.30. The molecule has 102 valence electrons. The smallest absolute Gasteiger partial charge is 0.358 e. The van der Waals surface area contributed by atoms with Crippen LogP contribution in [0.4, 0.5) is 17.2 Å². The van der Waals surface area contributed by atoms with E-state index >= 15 is 0 Å². The molecular formula is C14H14N4O2. The van der Waals surface area contributed by atoms with E-state index in [1.54, 1.807) is 6.07 Å². The van der Waals surface area contributed by atoms with Crippen LogP contribution >= 0.6 is 0 Å². The number of nitrogens with zero attached hydrogens (tertiary/aromatic N) is 2. The quantitative estimate of drug-likeness (QED) is 0.661. The molecule has 6 nitrogen and oxygen atoms in total. The number of nitrogens with one attached hydrogen (secondary N) is 2. The lowest BCUT2D eigenvalue weighted by molar-refractivity contribution is -0.389. The molecule has 6 heteroatoms. The Hall–Kier alpha value is -2.47. The Bertz CT molecular complexity index is 640. The fourth-order valence-corrected chi connectivity index (χ4v) is 2.37. The van der Waals surface area contributed by atoms with E-state index < -0.39 is 4.92 Å². The second-order valence-corrected chi connectivity index (χ2v) is 4.66. The average Bonchev–Trinajstić information content (AvgIpc) is 2.48. The van der Waals surface area contributed by atoms with Crippen LogP contribution in [-0.4, -0.2) is 16.5 Å². The number of nitro groups is 1. The summed E-state index contributed by atoms with van der Waals surface area (Å²) in [6, 6.07) is 9.21. The number of anilines is 2. The molecule has 2 N–H and O–H groups in total. The first kappa shape index (κ1) is 12.6. The number of rotatable bonds is 3. The van der Waals surface area contributed by atoms with Crippen molar-refractivity contribution in [2.45, 2.75) is 13.0 Å². The van der Waals surface area contributed by atoms with Gasteiger partial charge in [-0.25, -0.2) is 0 Å². The zero-order chi connectivity index (χ0) is 13.9. The van der Waals surface area contributed by atoms with Gasteiger partial charge < -0.3 is 20.7 Å². The molecule has 0 atom stereocenters. The lowest BCUT2D eigenvalue weighted by Gasteiger charge is -2.20. The monoisotopic (exact) mass is 270 g/mol. The van der Waals surface area contributed by atoms with Crippen LogP contribution in [0.25, 0.3) is 0 Å². The lowest BCUT2D eigenvalue weighted by Crippen LogP contribution is -2.24. The Balaban J connectivity index is 1.86. The molecule has 3 rings (SSSR count). The Labute approximate surface area is 116 Å². The predicted octanol–water partition coefficient (Wildman–Crippen LogP) is 2.38. The Morgan fingerprint density at radius 3 is 2.95 bits per heavy atom. The summed E-state index contributed by atoms with van der Waals surface area (Å²) in [5, 5.41) is 17.2. The van der Waals surface area contributed by atoms with Crippen molar-refractivity contribution in [3.63, 3.8) is 0 Å². The van der Waals surface area contributed by atoms with E-state index in [1.807, 2.05) is 12.1 Å². The zero-order valence-electron chi connectivity index (χ0n) is 10.8. The molecule has 0 bridgehead atoms. The van der Waals surface area contributed by atoms with Crippen LogP contribution in [0.15, 0.2) is 36.5 Å². The summed E-state index contributed by atoms with van der Waals surface area (Å²) in [5.74, 6) is -0.144. The highest BCUT2D eigenvalue weighted by Gasteiger charge is 2.13. The fourth-order valence-electron chi connectivity index (χ4n) is 2.37. The minimum absolute atomic E-state index is 0.144. The van der Waals surface area contributed by atoms with Gasteiger partial charge in [0.1, 0.15) is 0 Å². The van der Waals surface area contributed by atoms with Crippen molar-refractivity contribution in [1.29, 1.82) is 0 Å². The van der Waals surface area contributed by atoms with Gasteiger partial charge in [0.05, 0.1) is 5.69 Å². The Morgan fingerprint density at radius 2 is 2.20 bits per heavy atom. The van der Waals surface area contributed by atoms with Crippen LogP contribution < -0.4 is 10.6 Å². The standard InChI is InChI=1S/C14H14N4O2/c19-18(20)14-5-4-11(9-16-14)17-13-3-1-2-10-8-15-7-6-12(10)13/h1-5,9,15,17H,6-8H2. The molecule has 20 heavy (non-hydrogen) atoms. The van der Waals surface area contributed by atoms with E-state index in [1.165, 1.54) is 23.4 Å². The maximum atomic E-state index is 10.6. The maximum absolute atomic E-state index is 10.6. The molecular weight excluding hydrogens is 256 g/mol. The molecule has 1 aromatic carbocycles. The first-order valence-electron chi connectivity index (χ1n) is 6.43. The van der Waals surface area contributed by atoms with E-state index in [4.69, 9.17) is 0 Å². The van der Waals surface area contributed by atoms with Crippen molar-refractivity contribution >= 4 is 17.2 Å². The maximum Gasteiger partial charge on any atom is 0.363 e. The molecule has 0 spiro atoms. The van der Waals surface area contributed by atoms with Gasteiger partial charge in [0, 0.05) is 18.3 Å². The number of pyridine rings is 1. The van der Waals surface area contributed by atoms with Crippen LogP contribution in [0, 0.1) is 10.1 Å². The van der Waals surface area contributed by atoms with Crippen molar-refractivity contribution in [1.82, 2.24) is 10.3 Å². The van der Waals surface area contributed by atoms with Crippen molar-refractivity contribution in [2.75, 3.05) is 11.9 Å². The van der Waals surface area contributed by atoms with E-state index in [0.29, 0.717) is 0 Å². The number of aromatic nitrogens is 1. The largest absolute Gasteiger partial charge is 0.363 e. The van der Waals surface area contributed by atoms with Gasteiger partial charge in [-0.05, 0) is 46.1 Å². The van der Waals surface area contributed by atoms with Crippen molar-refractivity contribution in [2.24, 2.45) is 0 Å². The SMILES string of the molecule is O=[N+]([O-])c1ccc(Nc2cccc3c2CCNC3)cn1. The highest BCUT2D eigenvalue weighted by Crippen LogP contribution is 2.26. The summed E-state index contributed by atoms with van der Waals surface area (Å²) < 4.78 is 0. The van der Waals surface area contributed by atoms with Crippen molar-refractivity contribution in [3.05, 3.63) is 57.8 Å². The van der Waals surface area contributed by atoms with Crippen molar-refractivity contribution < 1.29 is 4.92 Å². The Morgan fingerprint density at radius 1 is 1.30 bits per heavy atom. The molecule has 0 fully saturated rings. The highest BCUT2D eigenvalue weighted by molar-refractivity contribution is 5.65. The minimum Gasteiger partial charge on any atom is -0.358 e. The third-order valence-electron chi connectivity index (χ3n) is 3.35. The number of fused-ring (bicyclic) bond motifs is 1. The van der Waals surface area contributed by atoms with E-state index in [0.717, 1.165) is 30.9 Å². The molecule has 1 aromatic heterocycles. The van der Waals surface area contributed by atoms with E-state index in [-0.39, 0.29) is 5.82 Å². The predicted molar refractivity (Wildman–Crippen MR) is 76.0 cm³/mol. The van der Waals surface area contributed by atoms with E-state index in [2.05, 4.69) is 21.7 Å². The molecule has 1 aliphatic rings. The highest BCUT2D eigenvalue weighted by atomic mass is 16.6. The van der Waals surface area contributed by atoms with Crippen LogP contribution in [0.1, 0.15) is 11.1 Å². The average molecular weight is 270 g/mol. The first-order chi connectivity index (χ1) is 9.74. The van der Waals surface area contributed by atoms with Gasteiger partial charge in [-0.2, -0.15) is 0 Å². The molecule has 0 amide bonds. The lowest BCUT2D eigenvalue weighted by atomic mass is 9.99. The molecule has 0 radical (unpaired) electrons. The van der Waals surface area contributed by atoms with Crippen LogP contribution in [-0.2, 0) is 13.0 Å². The van der Waals surface area contributed by atoms with Gasteiger partial charge in [-0.3, -0.25) is 0 Å². The molecule has 0 saturated heterocycles. The summed E-state index contributed by atoms with van der Waals surface area (Å²) in [6.45, 7) is 1.84. The topological polar surface area (TPSA) is 80.1 Å². The summed E-state index contributed by atoms with van der Waals surface area (Å²) in [7, 11) is 0. The molecule has 1 aliphatic heterocycles. The second-order valence-electron chi connectivity index (χ2n) is 4.66. The number of hydrogen-bond acceptors (Lipinski definition) is 5. The molecule has 0 aliphatic carbocycles. The van der Waals surface area contributed by atoms with E-state index in [9.17, 15) is 10.1 Å². The third kappa shape index (κ3) is 2.46. The third-order valence-corrected chi connectivity index (χ3v) is 3.35. The molecule has 0 saturated carbocycles. The van der Waals surface area contributed by atoms with Crippen molar-refractivity contribution in [3.8, 4) is 0 Å². The zero-order valence-corrected chi connectivity index (χ0v) is 10.8. The van der Waals surface area contributed by atoms with Gasteiger partial charge >= 0.3 is 5.82 Å². The second kappa shape index (κ2) is 5.26.